The Balaban J connectivity index is 0.00000294. The molecular formula is C29H37ClN4O4. The predicted octanol–water partition coefficient (Wildman–Crippen LogP) is 2.18. The van der Waals surface area contributed by atoms with Gasteiger partial charge in [-0.1, -0.05) is 24.3 Å². The number of carbonyl (C=O) groups is 2. The van der Waals surface area contributed by atoms with Crippen LogP contribution in [0.5, 0.6) is 0 Å². The number of β-amino-alcohol motifs (C(OH)–C–C–N with tert-alkyl or cyclic N) is 1. The Hall–Kier alpha value is -2.65. The van der Waals surface area contributed by atoms with Crippen LogP contribution in [-0.2, 0) is 17.7 Å². The first-order valence-corrected chi connectivity index (χ1v) is 13.5. The number of hydrogen-bond donors (Lipinski definition) is 2. The third-order valence-electron chi connectivity index (χ3n) is 8.64. The maximum atomic E-state index is 13.6. The number of halogens is 1. The Bertz CT molecular complexity index is 1180. The molecule has 4 heterocycles. The lowest BCUT2D eigenvalue weighted by molar-refractivity contribution is 0.0540. The number of likely N-dealkylation sites (N-methyl/N-ethyl adjacent to an activating group) is 1. The van der Waals surface area contributed by atoms with E-state index in [9.17, 15) is 14.7 Å². The molecule has 4 aliphatic rings. The molecule has 0 bridgehead atoms. The highest BCUT2D eigenvalue weighted by atomic mass is 35.5. The minimum atomic E-state index is -0.673. The summed E-state index contributed by atoms with van der Waals surface area (Å²) >= 11 is 0. The second-order valence-electron chi connectivity index (χ2n) is 10.9. The van der Waals surface area contributed by atoms with E-state index in [1.807, 2.05) is 23.1 Å². The van der Waals surface area contributed by atoms with Crippen LogP contribution in [0, 0.1) is 11.8 Å². The number of benzene rings is 2. The molecule has 8 nitrogen and oxygen atoms in total. The standard InChI is InChI=1S/C29H36N4O4.ClH/c1-2-31-9-10-32(16-27(34)25-11-19-5-3-4-6-21(19)13-30-25)29(36)24-8-7-20(12-26(24)31)28(35)33-14-22-17-37-18-23(22)15-33;/h3-8,12,22-23,25,27,30,34H,2,9-11,13-18H2,1H3;1H/t22?,23?,25-,27+;/m0./s1. The first kappa shape index (κ1) is 26.9. The lowest BCUT2D eigenvalue weighted by Gasteiger charge is -2.33. The van der Waals surface area contributed by atoms with Gasteiger partial charge in [-0.15, -0.1) is 12.4 Å². The number of fused-ring (bicyclic) bond motifs is 3. The van der Waals surface area contributed by atoms with Gasteiger partial charge < -0.3 is 29.9 Å². The van der Waals surface area contributed by atoms with Crippen molar-refractivity contribution in [2.24, 2.45) is 11.8 Å². The van der Waals surface area contributed by atoms with E-state index >= 15 is 0 Å². The molecule has 2 saturated heterocycles. The zero-order chi connectivity index (χ0) is 25.5. The van der Waals surface area contributed by atoms with E-state index in [2.05, 4.69) is 29.3 Å². The van der Waals surface area contributed by atoms with E-state index in [1.165, 1.54) is 11.1 Å². The summed E-state index contributed by atoms with van der Waals surface area (Å²) in [4.78, 5) is 32.8. The van der Waals surface area contributed by atoms with Gasteiger partial charge in [-0.2, -0.15) is 0 Å². The van der Waals surface area contributed by atoms with Crippen molar-refractivity contribution in [3.63, 3.8) is 0 Å². The first-order valence-electron chi connectivity index (χ1n) is 13.5. The summed E-state index contributed by atoms with van der Waals surface area (Å²) in [6, 6.07) is 13.7. The normalized spacial score (nSPS) is 25.3. The van der Waals surface area contributed by atoms with Crippen LogP contribution in [0.25, 0.3) is 0 Å². The van der Waals surface area contributed by atoms with E-state index in [0.717, 1.165) is 51.5 Å². The van der Waals surface area contributed by atoms with E-state index in [0.29, 0.717) is 36.1 Å². The number of anilines is 1. The summed E-state index contributed by atoms with van der Waals surface area (Å²) in [6.07, 6.45) is 0.0701. The van der Waals surface area contributed by atoms with E-state index in [-0.39, 0.29) is 36.8 Å². The number of carbonyl (C=O) groups excluding carboxylic acids is 2. The van der Waals surface area contributed by atoms with Crippen LogP contribution < -0.4 is 10.2 Å². The molecule has 2 aromatic carbocycles. The van der Waals surface area contributed by atoms with Gasteiger partial charge in [-0.25, -0.2) is 0 Å². The van der Waals surface area contributed by atoms with Crippen LogP contribution in [0.2, 0.25) is 0 Å². The average Bonchev–Trinajstić information content (AvgIpc) is 3.51. The Labute approximate surface area is 230 Å². The summed E-state index contributed by atoms with van der Waals surface area (Å²) in [5.41, 5.74) is 4.55. The minimum absolute atomic E-state index is 0. The molecule has 0 spiro atoms. The summed E-state index contributed by atoms with van der Waals surface area (Å²) in [5.74, 6) is 0.810. The van der Waals surface area contributed by atoms with Gasteiger partial charge in [0.25, 0.3) is 11.8 Å². The molecule has 4 atom stereocenters. The van der Waals surface area contributed by atoms with Crippen molar-refractivity contribution < 1.29 is 19.4 Å². The maximum Gasteiger partial charge on any atom is 0.256 e. The van der Waals surface area contributed by atoms with E-state index < -0.39 is 6.10 Å². The summed E-state index contributed by atoms with van der Waals surface area (Å²) in [5, 5.41) is 14.6. The Morgan fingerprint density at radius 2 is 1.79 bits per heavy atom. The molecular weight excluding hydrogens is 504 g/mol. The lowest BCUT2D eigenvalue weighted by Crippen LogP contribution is -2.50. The molecule has 2 amide bonds. The predicted molar refractivity (Wildman–Crippen MR) is 148 cm³/mol. The van der Waals surface area contributed by atoms with Crippen LogP contribution in [0.1, 0.15) is 38.8 Å². The maximum absolute atomic E-state index is 13.6. The fraction of sp³-hybridized carbons (Fsp3) is 0.517. The number of rotatable bonds is 5. The summed E-state index contributed by atoms with van der Waals surface area (Å²) in [6.45, 7) is 7.94. The number of nitrogens with zero attached hydrogens (tertiary/aromatic N) is 3. The second-order valence-corrected chi connectivity index (χ2v) is 10.9. The fourth-order valence-corrected chi connectivity index (χ4v) is 6.38. The molecule has 2 N–H and O–H groups in total. The topological polar surface area (TPSA) is 85.3 Å². The van der Waals surface area contributed by atoms with Gasteiger partial charge in [0.2, 0.25) is 0 Å². The minimum Gasteiger partial charge on any atom is -0.390 e. The molecule has 0 radical (unpaired) electrons. The number of aliphatic hydroxyl groups excluding tert-OH is 1. The van der Waals surface area contributed by atoms with Gasteiger partial charge in [0.15, 0.2) is 0 Å². The second kappa shape index (κ2) is 11.2. The van der Waals surface area contributed by atoms with Crippen LogP contribution in [0.15, 0.2) is 42.5 Å². The van der Waals surface area contributed by atoms with Gasteiger partial charge in [0.1, 0.15) is 0 Å². The Morgan fingerprint density at radius 3 is 2.53 bits per heavy atom. The van der Waals surface area contributed by atoms with Crippen molar-refractivity contribution in [1.29, 1.82) is 0 Å². The van der Waals surface area contributed by atoms with Crippen LogP contribution in [-0.4, -0.2) is 91.3 Å². The molecule has 2 unspecified atom stereocenters. The van der Waals surface area contributed by atoms with E-state index in [4.69, 9.17) is 4.74 Å². The van der Waals surface area contributed by atoms with Gasteiger partial charge in [-0.05, 0) is 42.7 Å². The average molecular weight is 541 g/mol. The molecule has 6 rings (SSSR count). The molecule has 9 heteroatoms. The molecule has 204 valence electrons. The monoisotopic (exact) mass is 540 g/mol. The van der Waals surface area contributed by atoms with Crippen molar-refractivity contribution in [1.82, 2.24) is 15.1 Å². The van der Waals surface area contributed by atoms with Gasteiger partial charge in [0, 0.05) is 69.3 Å². The molecule has 0 aliphatic carbocycles. The summed E-state index contributed by atoms with van der Waals surface area (Å²) in [7, 11) is 0. The van der Waals surface area contributed by atoms with Crippen molar-refractivity contribution in [3.8, 4) is 0 Å². The molecule has 2 fully saturated rings. The highest BCUT2D eigenvalue weighted by molar-refractivity contribution is 6.03. The SMILES string of the molecule is CCN1CCN(C[C@@H](O)[C@@H]2Cc3ccccc3CN2)C(=O)c2ccc(C(=O)N3CC4COCC4C3)cc21.Cl. The Morgan fingerprint density at radius 1 is 1.08 bits per heavy atom. The highest BCUT2D eigenvalue weighted by Crippen LogP contribution is 2.32. The first-order chi connectivity index (χ1) is 18.0. The fourth-order valence-electron chi connectivity index (χ4n) is 6.38. The van der Waals surface area contributed by atoms with Crippen LogP contribution in [0.3, 0.4) is 0 Å². The largest absolute Gasteiger partial charge is 0.390 e. The number of nitrogens with one attached hydrogen (secondary N) is 1. The van der Waals surface area contributed by atoms with Gasteiger partial charge in [-0.3, -0.25) is 9.59 Å². The third kappa shape index (κ3) is 5.02. The number of aliphatic hydroxyl groups is 1. The van der Waals surface area contributed by atoms with Crippen molar-refractivity contribution in [2.75, 3.05) is 57.4 Å². The Kier molecular flexibility index (Phi) is 7.95. The van der Waals surface area contributed by atoms with Crippen LogP contribution >= 0.6 is 12.4 Å². The molecule has 4 aliphatic heterocycles. The lowest BCUT2D eigenvalue weighted by atomic mass is 9.92. The highest BCUT2D eigenvalue weighted by Gasteiger charge is 2.39. The smallest absolute Gasteiger partial charge is 0.256 e. The van der Waals surface area contributed by atoms with Crippen molar-refractivity contribution >= 4 is 29.9 Å². The van der Waals surface area contributed by atoms with E-state index in [1.54, 1.807) is 17.0 Å². The van der Waals surface area contributed by atoms with Gasteiger partial charge >= 0.3 is 0 Å². The molecule has 2 aromatic rings. The molecule has 0 saturated carbocycles. The van der Waals surface area contributed by atoms with Crippen molar-refractivity contribution in [2.45, 2.75) is 32.0 Å². The number of amides is 2. The number of ether oxygens (including phenoxy) is 1. The van der Waals surface area contributed by atoms with Crippen LogP contribution in [0.4, 0.5) is 5.69 Å². The quantitative estimate of drug-likeness (QED) is 0.605. The number of likely N-dealkylation sites (tertiary alicyclic amines) is 1. The zero-order valence-electron chi connectivity index (χ0n) is 21.8. The number of hydrogen-bond acceptors (Lipinski definition) is 6. The third-order valence-corrected chi connectivity index (χ3v) is 8.64. The molecule has 38 heavy (non-hydrogen) atoms. The summed E-state index contributed by atoms with van der Waals surface area (Å²) < 4.78 is 5.56. The van der Waals surface area contributed by atoms with Crippen molar-refractivity contribution in [3.05, 3.63) is 64.7 Å². The van der Waals surface area contributed by atoms with Gasteiger partial charge in [0.05, 0.1) is 30.6 Å². The molecule has 0 aromatic heterocycles. The zero-order valence-corrected chi connectivity index (χ0v) is 22.7.